The smallest absolute Gasteiger partial charge is 0.319 e. The second kappa shape index (κ2) is 6.17. The van der Waals surface area contributed by atoms with Crippen molar-refractivity contribution in [2.45, 2.75) is 6.54 Å². The number of imidazole rings is 1. The molecule has 6 heteroatoms. The Bertz CT molecular complexity index is 764. The zero-order valence-electron chi connectivity index (χ0n) is 12.1. The monoisotopic (exact) mass is 296 g/mol. The molecule has 0 aliphatic heterocycles. The molecule has 0 fully saturated rings. The van der Waals surface area contributed by atoms with Crippen LogP contribution in [0.15, 0.2) is 48.5 Å². The van der Waals surface area contributed by atoms with Gasteiger partial charge in [0.15, 0.2) is 0 Å². The highest BCUT2D eigenvalue weighted by Crippen LogP contribution is 2.22. The normalized spacial score (nSPS) is 10.4. The van der Waals surface area contributed by atoms with E-state index in [1.54, 1.807) is 19.2 Å². The Hall–Kier alpha value is -3.02. The minimum Gasteiger partial charge on any atom is -0.495 e. The number of H-pyrrole nitrogens is 1. The summed E-state index contributed by atoms with van der Waals surface area (Å²) in [6.45, 7) is 0.315. The molecule has 112 valence electrons. The third kappa shape index (κ3) is 3.01. The number of fused-ring (bicyclic) bond motifs is 1. The van der Waals surface area contributed by atoms with E-state index in [-0.39, 0.29) is 6.03 Å². The van der Waals surface area contributed by atoms with Crippen LogP contribution in [-0.2, 0) is 6.54 Å². The molecular formula is C16H16N4O2. The maximum absolute atomic E-state index is 11.9. The molecule has 2 aromatic carbocycles. The minimum absolute atomic E-state index is 0.315. The van der Waals surface area contributed by atoms with Gasteiger partial charge in [-0.1, -0.05) is 24.3 Å². The lowest BCUT2D eigenvalue weighted by atomic mass is 10.3. The van der Waals surface area contributed by atoms with Gasteiger partial charge >= 0.3 is 6.03 Å². The maximum atomic E-state index is 11.9. The van der Waals surface area contributed by atoms with Crippen LogP contribution in [0.5, 0.6) is 5.75 Å². The van der Waals surface area contributed by atoms with Gasteiger partial charge < -0.3 is 20.4 Å². The summed E-state index contributed by atoms with van der Waals surface area (Å²) in [5.41, 5.74) is 2.45. The fourth-order valence-corrected chi connectivity index (χ4v) is 2.17. The van der Waals surface area contributed by atoms with Gasteiger partial charge in [-0.2, -0.15) is 0 Å². The summed E-state index contributed by atoms with van der Waals surface area (Å²) in [6.07, 6.45) is 0. The molecule has 1 heterocycles. The van der Waals surface area contributed by atoms with Crippen LogP contribution in [-0.4, -0.2) is 23.1 Å². The van der Waals surface area contributed by atoms with Crippen molar-refractivity contribution >= 4 is 22.8 Å². The zero-order chi connectivity index (χ0) is 15.4. The number of ether oxygens (including phenoxy) is 1. The van der Waals surface area contributed by atoms with Crippen molar-refractivity contribution in [3.05, 3.63) is 54.4 Å². The van der Waals surface area contributed by atoms with E-state index in [1.165, 1.54) is 0 Å². The number of aromatic amines is 1. The number of carbonyl (C=O) groups excluding carboxylic acids is 1. The first-order valence-corrected chi connectivity index (χ1v) is 6.88. The first-order valence-electron chi connectivity index (χ1n) is 6.88. The molecule has 0 aliphatic carbocycles. The molecule has 3 rings (SSSR count). The van der Waals surface area contributed by atoms with Crippen molar-refractivity contribution in [3.63, 3.8) is 0 Å². The van der Waals surface area contributed by atoms with Crippen molar-refractivity contribution < 1.29 is 9.53 Å². The molecule has 0 spiro atoms. The molecule has 1 aromatic heterocycles. The van der Waals surface area contributed by atoms with E-state index in [1.807, 2.05) is 36.4 Å². The predicted molar refractivity (Wildman–Crippen MR) is 84.9 cm³/mol. The van der Waals surface area contributed by atoms with Crippen LogP contribution in [0, 0.1) is 0 Å². The number of rotatable bonds is 4. The number of anilines is 1. The van der Waals surface area contributed by atoms with Crippen LogP contribution in [0.3, 0.4) is 0 Å². The average Bonchev–Trinajstić information content (AvgIpc) is 2.96. The maximum Gasteiger partial charge on any atom is 0.319 e. The molecular weight excluding hydrogens is 280 g/mol. The molecule has 0 saturated carbocycles. The van der Waals surface area contributed by atoms with Crippen LogP contribution in [0.25, 0.3) is 11.0 Å². The van der Waals surface area contributed by atoms with E-state index in [2.05, 4.69) is 20.6 Å². The topological polar surface area (TPSA) is 79.0 Å². The van der Waals surface area contributed by atoms with Crippen LogP contribution in [0.2, 0.25) is 0 Å². The van der Waals surface area contributed by atoms with Gasteiger partial charge in [0.2, 0.25) is 0 Å². The Labute approximate surface area is 127 Å². The van der Waals surface area contributed by atoms with E-state index >= 15 is 0 Å². The number of urea groups is 1. The van der Waals surface area contributed by atoms with Crippen molar-refractivity contribution in [1.82, 2.24) is 15.3 Å². The molecule has 3 aromatic rings. The number of para-hydroxylation sites is 4. The number of nitrogens with zero attached hydrogens (tertiary/aromatic N) is 1. The SMILES string of the molecule is COc1ccccc1NC(=O)NCc1nc2ccccc2[nH]1. The summed E-state index contributed by atoms with van der Waals surface area (Å²) in [7, 11) is 1.56. The molecule has 0 bridgehead atoms. The first kappa shape index (κ1) is 13.9. The number of carbonyl (C=O) groups is 1. The lowest BCUT2D eigenvalue weighted by Gasteiger charge is -2.10. The van der Waals surface area contributed by atoms with Crippen molar-refractivity contribution in [2.75, 3.05) is 12.4 Å². The second-order valence-corrected chi connectivity index (χ2v) is 4.71. The summed E-state index contributed by atoms with van der Waals surface area (Å²) < 4.78 is 5.19. The van der Waals surface area contributed by atoms with Gasteiger partial charge in [-0.15, -0.1) is 0 Å². The Morgan fingerprint density at radius 3 is 2.77 bits per heavy atom. The summed E-state index contributed by atoms with van der Waals surface area (Å²) in [5.74, 6) is 1.32. The zero-order valence-corrected chi connectivity index (χ0v) is 12.1. The molecule has 3 N–H and O–H groups in total. The first-order chi connectivity index (χ1) is 10.8. The Balaban J connectivity index is 1.62. The molecule has 22 heavy (non-hydrogen) atoms. The number of hydrogen-bond acceptors (Lipinski definition) is 3. The number of benzene rings is 2. The highest BCUT2D eigenvalue weighted by Gasteiger charge is 2.07. The Morgan fingerprint density at radius 2 is 1.95 bits per heavy atom. The van der Waals surface area contributed by atoms with Crippen molar-refractivity contribution in [2.24, 2.45) is 0 Å². The number of amides is 2. The minimum atomic E-state index is -0.315. The van der Waals surface area contributed by atoms with Crippen LogP contribution in [0.1, 0.15) is 5.82 Å². The third-order valence-corrected chi connectivity index (χ3v) is 3.21. The van der Waals surface area contributed by atoms with Crippen molar-refractivity contribution in [3.8, 4) is 5.75 Å². The largest absolute Gasteiger partial charge is 0.495 e. The number of aromatic nitrogens is 2. The molecule has 0 aliphatic rings. The average molecular weight is 296 g/mol. The molecule has 0 radical (unpaired) electrons. The quantitative estimate of drug-likeness (QED) is 0.692. The number of methoxy groups -OCH3 is 1. The number of hydrogen-bond donors (Lipinski definition) is 3. The van der Waals surface area contributed by atoms with Crippen molar-refractivity contribution in [1.29, 1.82) is 0 Å². The highest BCUT2D eigenvalue weighted by molar-refractivity contribution is 5.90. The molecule has 2 amide bonds. The van der Waals surface area contributed by atoms with Gasteiger partial charge in [-0.05, 0) is 24.3 Å². The van der Waals surface area contributed by atoms with E-state index in [0.29, 0.717) is 23.8 Å². The standard InChI is InChI=1S/C16H16N4O2/c1-22-14-9-5-4-8-13(14)20-16(21)17-10-15-18-11-6-2-3-7-12(11)19-15/h2-9H,10H2,1H3,(H,18,19)(H2,17,20,21). The van der Waals surface area contributed by atoms with Gasteiger partial charge in [0.25, 0.3) is 0 Å². The van der Waals surface area contributed by atoms with Gasteiger partial charge in [-0.25, -0.2) is 9.78 Å². The summed E-state index contributed by atoms with van der Waals surface area (Å²) in [6, 6.07) is 14.7. The Morgan fingerprint density at radius 1 is 1.18 bits per heavy atom. The third-order valence-electron chi connectivity index (χ3n) is 3.21. The fourth-order valence-electron chi connectivity index (χ4n) is 2.17. The molecule has 0 atom stereocenters. The lowest BCUT2D eigenvalue weighted by molar-refractivity contribution is 0.251. The molecule has 6 nitrogen and oxygen atoms in total. The van der Waals surface area contributed by atoms with Gasteiger partial charge in [-0.3, -0.25) is 0 Å². The molecule has 0 unspecified atom stereocenters. The lowest BCUT2D eigenvalue weighted by Crippen LogP contribution is -2.28. The van der Waals surface area contributed by atoms with Crippen LogP contribution < -0.4 is 15.4 Å². The summed E-state index contributed by atoms with van der Waals surface area (Å²) in [4.78, 5) is 19.5. The predicted octanol–water partition coefficient (Wildman–Crippen LogP) is 2.89. The van der Waals surface area contributed by atoms with E-state index in [0.717, 1.165) is 11.0 Å². The molecule has 0 saturated heterocycles. The van der Waals surface area contributed by atoms with E-state index in [4.69, 9.17) is 4.74 Å². The number of nitrogens with one attached hydrogen (secondary N) is 3. The summed E-state index contributed by atoms with van der Waals surface area (Å²) in [5, 5.41) is 5.51. The van der Waals surface area contributed by atoms with E-state index < -0.39 is 0 Å². The fraction of sp³-hybridized carbons (Fsp3) is 0.125. The van der Waals surface area contributed by atoms with Crippen LogP contribution in [0.4, 0.5) is 10.5 Å². The van der Waals surface area contributed by atoms with Gasteiger partial charge in [0, 0.05) is 0 Å². The van der Waals surface area contributed by atoms with Crippen LogP contribution >= 0.6 is 0 Å². The highest BCUT2D eigenvalue weighted by atomic mass is 16.5. The van der Waals surface area contributed by atoms with E-state index in [9.17, 15) is 4.79 Å². The summed E-state index contributed by atoms with van der Waals surface area (Å²) >= 11 is 0. The Kier molecular flexibility index (Phi) is 3.91. The second-order valence-electron chi connectivity index (χ2n) is 4.71. The van der Waals surface area contributed by atoms with Gasteiger partial charge in [0.05, 0.1) is 30.4 Å². The van der Waals surface area contributed by atoms with Gasteiger partial charge in [0.1, 0.15) is 11.6 Å².